The van der Waals surface area contributed by atoms with Crippen LogP contribution in [0.4, 0.5) is 4.39 Å². The molecule has 4 heteroatoms. The van der Waals surface area contributed by atoms with E-state index < -0.39 is 0 Å². The average Bonchev–Trinajstić information content (AvgIpc) is 2.27. The Labute approximate surface area is 101 Å². The van der Waals surface area contributed by atoms with E-state index in [1.165, 1.54) is 12.1 Å². The highest BCUT2D eigenvalue weighted by Crippen LogP contribution is 2.05. The van der Waals surface area contributed by atoms with Crippen molar-refractivity contribution in [1.82, 2.24) is 5.32 Å². The number of halogens is 1. The molecule has 0 bridgehead atoms. The van der Waals surface area contributed by atoms with Gasteiger partial charge in [0.25, 0.3) is 0 Å². The van der Waals surface area contributed by atoms with Crippen molar-refractivity contribution in [2.24, 2.45) is 11.7 Å². The summed E-state index contributed by atoms with van der Waals surface area (Å²) >= 11 is 0. The van der Waals surface area contributed by atoms with Crippen LogP contribution in [0, 0.1) is 11.7 Å². The van der Waals surface area contributed by atoms with E-state index in [1.807, 2.05) is 13.8 Å². The van der Waals surface area contributed by atoms with Gasteiger partial charge in [0.15, 0.2) is 0 Å². The third-order valence-corrected chi connectivity index (χ3v) is 2.87. The standard InChI is InChI=1S/C13H19FN2O/c1-9(8-15)10(2)16-13(17)7-11-4-3-5-12(14)6-11/h3-6,9-10H,7-8,15H2,1-2H3,(H,16,17). The minimum absolute atomic E-state index is 0.0288. The first kappa shape index (κ1) is 13.6. The summed E-state index contributed by atoms with van der Waals surface area (Å²) in [5.41, 5.74) is 6.20. The summed E-state index contributed by atoms with van der Waals surface area (Å²) in [7, 11) is 0. The van der Waals surface area contributed by atoms with Crippen molar-refractivity contribution in [1.29, 1.82) is 0 Å². The van der Waals surface area contributed by atoms with Crippen LogP contribution in [0.2, 0.25) is 0 Å². The topological polar surface area (TPSA) is 55.1 Å². The lowest BCUT2D eigenvalue weighted by molar-refractivity contribution is -0.121. The zero-order valence-electron chi connectivity index (χ0n) is 10.2. The highest BCUT2D eigenvalue weighted by Gasteiger charge is 2.13. The van der Waals surface area contributed by atoms with Crippen LogP contribution in [-0.2, 0) is 11.2 Å². The van der Waals surface area contributed by atoms with E-state index in [0.717, 1.165) is 0 Å². The van der Waals surface area contributed by atoms with Crippen LogP contribution >= 0.6 is 0 Å². The Bertz CT molecular complexity index is 381. The first-order valence-corrected chi connectivity index (χ1v) is 5.76. The molecule has 1 aromatic carbocycles. The molecule has 0 aliphatic carbocycles. The molecule has 0 radical (unpaired) electrons. The molecule has 0 saturated carbocycles. The number of carbonyl (C=O) groups excluding carboxylic acids is 1. The molecule has 17 heavy (non-hydrogen) atoms. The van der Waals surface area contributed by atoms with Crippen molar-refractivity contribution < 1.29 is 9.18 Å². The minimum atomic E-state index is -0.321. The van der Waals surface area contributed by atoms with Crippen LogP contribution in [0.5, 0.6) is 0 Å². The maximum Gasteiger partial charge on any atom is 0.224 e. The van der Waals surface area contributed by atoms with Gasteiger partial charge in [-0.3, -0.25) is 4.79 Å². The van der Waals surface area contributed by atoms with Gasteiger partial charge in [0.1, 0.15) is 5.82 Å². The molecule has 0 aliphatic heterocycles. The van der Waals surface area contributed by atoms with E-state index >= 15 is 0 Å². The zero-order valence-corrected chi connectivity index (χ0v) is 10.2. The number of carbonyl (C=O) groups is 1. The summed E-state index contributed by atoms with van der Waals surface area (Å²) in [4.78, 5) is 11.7. The Hall–Kier alpha value is -1.42. The van der Waals surface area contributed by atoms with Crippen LogP contribution in [-0.4, -0.2) is 18.5 Å². The second-order valence-electron chi connectivity index (χ2n) is 4.38. The first-order chi connectivity index (χ1) is 8.02. The maximum absolute atomic E-state index is 12.9. The third-order valence-electron chi connectivity index (χ3n) is 2.87. The molecule has 0 spiro atoms. The molecular weight excluding hydrogens is 219 g/mol. The van der Waals surface area contributed by atoms with Gasteiger partial charge in [0.2, 0.25) is 5.91 Å². The number of amides is 1. The molecule has 0 fully saturated rings. The molecule has 0 heterocycles. The molecule has 2 atom stereocenters. The van der Waals surface area contributed by atoms with Gasteiger partial charge in [-0.05, 0) is 37.1 Å². The summed E-state index contributed by atoms with van der Waals surface area (Å²) in [6.45, 7) is 4.43. The fourth-order valence-corrected chi connectivity index (χ4v) is 1.48. The van der Waals surface area contributed by atoms with Gasteiger partial charge in [-0.1, -0.05) is 19.1 Å². The summed E-state index contributed by atoms with van der Waals surface area (Å²) in [6.07, 6.45) is 0.194. The molecule has 94 valence electrons. The van der Waals surface area contributed by atoms with E-state index in [-0.39, 0.29) is 30.1 Å². The Morgan fingerprint density at radius 1 is 1.47 bits per heavy atom. The van der Waals surface area contributed by atoms with Crippen LogP contribution in [0.25, 0.3) is 0 Å². The van der Waals surface area contributed by atoms with Gasteiger partial charge < -0.3 is 11.1 Å². The molecule has 2 unspecified atom stereocenters. The summed E-state index contributed by atoms with van der Waals surface area (Å²) in [5, 5.41) is 2.86. The molecule has 3 nitrogen and oxygen atoms in total. The second kappa shape index (κ2) is 6.35. The number of nitrogens with one attached hydrogen (secondary N) is 1. The molecular formula is C13H19FN2O. The monoisotopic (exact) mass is 238 g/mol. The first-order valence-electron chi connectivity index (χ1n) is 5.76. The van der Waals surface area contributed by atoms with E-state index in [4.69, 9.17) is 5.73 Å². The van der Waals surface area contributed by atoms with Gasteiger partial charge in [-0.25, -0.2) is 4.39 Å². The number of hydrogen-bond donors (Lipinski definition) is 2. The lowest BCUT2D eigenvalue weighted by atomic mass is 10.0. The number of benzene rings is 1. The highest BCUT2D eigenvalue weighted by atomic mass is 19.1. The Kier molecular flexibility index (Phi) is 5.10. The van der Waals surface area contributed by atoms with Crippen molar-refractivity contribution in [2.45, 2.75) is 26.3 Å². The Morgan fingerprint density at radius 2 is 2.18 bits per heavy atom. The molecule has 0 saturated heterocycles. The van der Waals surface area contributed by atoms with Gasteiger partial charge >= 0.3 is 0 Å². The third kappa shape index (κ3) is 4.53. The smallest absolute Gasteiger partial charge is 0.224 e. The zero-order chi connectivity index (χ0) is 12.8. The van der Waals surface area contributed by atoms with Crippen molar-refractivity contribution in [3.63, 3.8) is 0 Å². The number of rotatable bonds is 5. The van der Waals surface area contributed by atoms with Gasteiger partial charge in [-0.2, -0.15) is 0 Å². The van der Waals surface area contributed by atoms with E-state index in [9.17, 15) is 9.18 Å². The lowest BCUT2D eigenvalue weighted by Gasteiger charge is -2.19. The molecule has 3 N–H and O–H groups in total. The van der Waals surface area contributed by atoms with Crippen LogP contribution in [0.3, 0.4) is 0 Å². The van der Waals surface area contributed by atoms with Crippen LogP contribution in [0.15, 0.2) is 24.3 Å². The van der Waals surface area contributed by atoms with Gasteiger partial charge in [0.05, 0.1) is 6.42 Å². The molecule has 1 amide bonds. The predicted octanol–water partition coefficient (Wildman–Crippen LogP) is 1.47. The minimum Gasteiger partial charge on any atom is -0.353 e. The number of hydrogen-bond acceptors (Lipinski definition) is 2. The van der Waals surface area contributed by atoms with Crippen molar-refractivity contribution in [3.05, 3.63) is 35.6 Å². The second-order valence-corrected chi connectivity index (χ2v) is 4.38. The van der Waals surface area contributed by atoms with Crippen LogP contribution in [0.1, 0.15) is 19.4 Å². The van der Waals surface area contributed by atoms with Crippen LogP contribution < -0.4 is 11.1 Å². The Morgan fingerprint density at radius 3 is 2.76 bits per heavy atom. The maximum atomic E-state index is 12.9. The van der Waals surface area contributed by atoms with Gasteiger partial charge in [-0.15, -0.1) is 0 Å². The fourth-order valence-electron chi connectivity index (χ4n) is 1.48. The summed E-state index contributed by atoms with van der Waals surface area (Å²) < 4.78 is 12.9. The Balaban J connectivity index is 2.50. The van der Waals surface area contributed by atoms with Crippen molar-refractivity contribution >= 4 is 5.91 Å². The van der Waals surface area contributed by atoms with Gasteiger partial charge in [0, 0.05) is 6.04 Å². The lowest BCUT2D eigenvalue weighted by Crippen LogP contribution is -2.40. The van der Waals surface area contributed by atoms with E-state index in [1.54, 1.807) is 12.1 Å². The van der Waals surface area contributed by atoms with Crippen molar-refractivity contribution in [3.8, 4) is 0 Å². The van der Waals surface area contributed by atoms with Crippen molar-refractivity contribution in [2.75, 3.05) is 6.54 Å². The number of nitrogens with two attached hydrogens (primary N) is 1. The average molecular weight is 238 g/mol. The largest absolute Gasteiger partial charge is 0.353 e. The molecule has 0 aromatic heterocycles. The SMILES string of the molecule is CC(CN)C(C)NC(=O)Cc1cccc(F)c1. The normalized spacial score (nSPS) is 14.1. The molecule has 1 aromatic rings. The quantitative estimate of drug-likeness (QED) is 0.816. The van der Waals surface area contributed by atoms with E-state index in [2.05, 4.69) is 5.32 Å². The highest BCUT2D eigenvalue weighted by molar-refractivity contribution is 5.78. The summed E-state index contributed by atoms with van der Waals surface area (Å²) in [6, 6.07) is 6.10. The fraction of sp³-hybridized carbons (Fsp3) is 0.462. The molecule has 1 rings (SSSR count). The summed E-state index contributed by atoms with van der Waals surface area (Å²) in [5.74, 6) is -0.200. The predicted molar refractivity (Wildman–Crippen MR) is 65.9 cm³/mol. The molecule has 0 aliphatic rings. The van der Waals surface area contributed by atoms with E-state index in [0.29, 0.717) is 12.1 Å².